The maximum atomic E-state index is 8.25. The summed E-state index contributed by atoms with van der Waals surface area (Å²) in [5.41, 5.74) is 0. The van der Waals surface area contributed by atoms with Crippen LogP contribution in [0.5, 0.6) is 0 Å². The van der Waals surface area contributed by atoms with Gasteiger partial charge in [-0.05, 0) is 0 Å². The molecule has 66 valence electrons. The molecule has 12 heteroatoms. The van der Waals surface area contributed by atoms with Crippen molar-refractivity contribution in [1.29, 1.82) is 0 Å². The second-order valence-corrected chi connectivity index (χ2v) is 0.529. The predicted octanol–water partition coefficient (Wildman–Crippen LogP) is -0.717. The Bertz CT molecular complexity index is 101. The van der Waals surface area contributed by atoms with Crippen molar-refractivity contribution in [2.75, 3.05) is 0 Å². The molecule has 0 aromatic rings. The minimum absolute atomic E-state index is 0. The number of hydrogen-bond donors (Lipinski definition) is 1. The quantitative estimate of drug-likeness (QED) is 0.263. The molecule has 0 aliphatic rings. The van der Waals surface area contributed by atoms with Gasteiger partial charge in [-0.25, -0.2) is 0 Å². The normalized spacial score (nSPS) is 5.00. The zero-order chi connectivity index (χ0) is 9.86. The van der Waals surface area contributed by atoms with Gasteiger partial charge in [0.05, 0.1) is 10.2 Å². The Kier molecular flexibility index (Phi) is 42.1. The van der Waals surface area contributed by atoms with Gasteiger partial charge in [-0.3, -0.25) is 0 Å². The van der Waals surface area contributed by atoms with Crippen LogP contribution < -0.4 is 0 Å². The van der Waals surface area contributed by atoms with E-state index in [0.717, 1.165) is 0 Å². The summed E-state index contributed by atoms with van der Waals surface area (Å²) in [7, 11) is 0. The van der Waals surface area contributed by atoms with Crippen LogP contribution in [-0.4, -0.2) is 64.3 Å². The van der Waals surface area contributed by atoms with Crippen LogP contribution in [0.4, 0.5) is 0 Å². The van der Waals surface area contributed by atoms with Crippen molar-refractivity contribution < 1.29 is 15.4 Å². The van der Waals surface area contributed by atoms with Crippen molar-refractivity contribution in [1.82, 2.24) is 0 Å². The molecular formula is HBaN3O8. The van der Waals surface area contributed by atoms with Gasteiger partial charge in [-0.15, -0.1) is 4.91 Å². The van der Waals surface area contributed by atoms with Crippen LogP contribution in [0.15, 0.2) is 5.34 Å². The van der Waals surface area contributed by atoms with E-state index >= 15 is 0 Å². The molecule has 0 unspecified atom stereocenters. The first-order valence-corrected chi connectivity index (χ1v) is 1.48. The summed E-state index contributed by atoms with van der Waals surface area (Å²) < 4.78 is 0. The summed E-state index contributed by atoms with van der Waals surface area (Å²) in [5.74, 6) is 0. The van der Waals surface area contributed by atoms with Crippen LogP contribution in [0.25, 0.3) is 0 Å². The molecule has 0 radical (unpaired) electrons. The molecule has 0 aromatic carbocycles. The first kappa shape index (κ1) is 22.5. The molecule has 0 aliphatic heterocycles. The van der Waals surface area contributed by atoms with Crippen molar-refractivity contribution >= 4 is 48.9 Å². The smallest absolute Gasteiger partial charge is 0.379 e. The molecule has 12 heavy (non-hydrogen) atoms. The van der Waals surface area contributed by atoms with Gasteiger partial charge in [0, 0.05) is 0 Å². The van der Waals surface area contributed by atoms with Crippen molar-refractivity contribution in [3.05, 3.63) is 35.6 Å². The maximum absolute atomic E-state index is 8.25. The largest absolute Gasteiger partial charge is 2.00 e. The Labute approximate surface area is 104 Å². The minimum atomic E-state index is -1.75. The summed E-state index contributed by atoms with van der Waals surface area (Å²) in [5, 5.41) is 37.4. The first-order chi connectivity index (χ1) is 4.88. The van der Waals surface area contributed by atoms with Gasteiger partial charge in [-0.1, -0.05) is 0 Å². The van der Waals surface area contributed by atoms with E-state index in [4.69, 9.17) is 40.8 Å². The summed E-state index contributed by atoms with van der Waals surface area (Å²) in [4.78, 5) is 24.6. The van der Waals surface area contributed by atoms with Gasteiger partial charge in [-0.2, -0.15) is 0 Å². The fourth-order valence-electron chi connectivity index (χ4n) is 0. The molecule has 0 atom stereocenters. The molecule has 0 heterocycles. The van der Waals surface area contributed by atoms with E-state index in [2.05, 4.69) is 0 Å². The summed E-state index contributed by atoms with van der Waals surface area (Å²) in [6.45, 7) is 0. The number of hydrogen-bond acceptors (Lipinski definition) is 8. The molecule has 0 aromatic heterocycles. The molecule has 0 rings (SSSR count). The Morgan fingerprint density at radius 2 is 1.00 bits per heavy atom. The molecule has 0 aliphatic carbocycles. The van der Waals surface area contributed by atoms with Crippen molar-refractivity contribution in [2.45, 2.75) is 0 Å². The third-order valence-corrected chi connectivity index (χ3v) is 0. The van der Waals surface area contributed by atoms with Crippen LogP contribution in [0.3, 0.4) is 0 Å². The molecule has 0 fully saturated rings. The molecule has 0 amide bonds. The van der Waals surface area contributed by atoms with E-state index in [-0.39, 0.29) is 48.9 Å². The molecule has 0 saturated carbocycles. The Balaban J connectivity index is -0.0000000389. The Hall–Kier alpha value is -0.629. The summed E-state index contributed by atoms with van der Waals surface area (Å²) in [6.07, 6.45) is 0. The SMILES string of the molecule is O=NO.O=[N+]([O-])[O-].O=[N+]([O-])[O-].[Ba+2]. The van der Waals surface area contributed by atoms with E-state index in [9.17, 15) is 0 Å². The van der Waals surface area contributed by atoms with E-state index in [0.29, 0.717) is 0 Å². The van der Waals surface area contributed by atoms with E-state index in [1.54, 1.807) is 0 Å². The average molecular weight is 308 g/mol. The minimum Gasteiger partial charge on any atom is -0.379 e. The third kappa shape index (κ3) is 1660. The van der Waals surface area contributed by atoms with Crippen molar-refractivity contribution in [2.24, 2.45) is 5.34 Å². The first-order valence-electron chi connectivity index (χ1n) is 1.48. The maximum Gasteiger partial charge on any atom is 2.00 e. The van der Waals surface area contributed by atoms with Gasteiger partial charge < -0.3 is 35.9 Å². The fourth-order valence-corrected chi connectivity index (χ4v) is 0. The second-order valence-electron chi connectivity index (χ2n) is 0.529. The van der Waals surface area contributed by atoms with Crippen molar-refractivity contribution in [3.63, 3.8) is 0 Å². The van der Waals surface area contributed by atoms with E-state index in [1.165, 1.54) is 5.34 Å². The monoisotopic (exact) mass is 309 g/mol. The number of rotatable bonds is 0. The second kappa shape index (κ2) is 22.4. The molecule has 11 nitrogen and oxygen atoms in total. The van der Waals surface area contributed by atoms with Gasteiger partial charge in [0.25, 0.3) is 0 Å². The Morgan fingerprint density at radius 3 is 1.00 bits per heavy atom. The molecular weight excluding hydrogens is 307 g/mol. The van der Waals surface area contributed by atoms with Crippen molar-refractivity contribution in [3.8, 4) is 0 Å². The number of nitrogens with zero attached hydrogens (tertiary/aromatic N) is 3. The molecule has 0 saturated heterocycles. The standard InChI is InChI=1S/Ba.2NO3.HNO2/c;2*2-1(3)4;2-1-3/h;;;(H,2,3)/q+2;2*-1;. The molecule has 0 spiro atoms. The average Bonchev–Trinajstić information content (AvgIpc) is 1.60. The van der Waals surface area contributed by atoms with Gasteiger partial charge in [0.15, 0.2) is 5.34 Å². The van der Waals surface area contributed by atoms with Crippen LogP contribution in [0.2, 0.25) is 0 Å². The van der Waals surface area contributed by atoms with Crippen LogP contribution >= 0.6 is 0 Å². The third-order valence-electron chi connectivity index (χ3n) is 0. The molecule has 0 bridgehead atoms. The van der Waals surface area contributed by atoms with Crippen LogP contribution in [-0.2, 0) is 0 Å². The van der Waals surface area contributed by atoms with E-state index < -0.39 is 10.2 Å². The summed E-state index contributed by atoms with van der Waals surface area (Å²) >= 11 is 0. The topological polar surface area (TPSA) is 182 Å². The summed E-state index contributed by atoms with van der Waals surface area (Å²) in [6, 6.07) is 0. The van der Waals surface area contributed by atoms with Crippen LogP contribution in [0, 0.1) is 35.6 Å². The zero-order valence-electron chi connectivity index (χ0n) is 5.35. The molecule has 1 N–H and O–H groups in total. The van der Waals surface area contributed by atoms with Crippen LogP contribution in [0.1, 0.15) is 0 Å². The van der Waals surface area contributed by atoms with Gasteiger partial charge in [0.1, 0.15) is 0 Å². The predicted molar refractivity (Wildman–Crippen MR) is 34.1 cm³/mol. The Morgan fingerprint density at radius 1 is 1.00 bits per heavy atom. The van der Waals surface area contributed by atoms with Gasteiger partial charge >= 0.3 is 48.9 Å². The fraction of sp³-hybridized carbons (Fsp3) is 0. The zero-order valence-corrected chi connectivity index (χ0v) is 9.79. The van der Waals surface area contributed by atoms with Gasteiger partial charge in [0.2, 0.25) is 0 Å². The van der Waals surface area contributed by atoms with E-state index in [1.807, 2.05) is 0 Å².